The van der Waals surface area contributed by atoms with Gasteiger partial charge in [-0.1, -0.05) is 24.3 Å². The summed E-state index contributed by atoms with van der Waals surface area (Å²) in [6.45, 7) is 5.99. The van der Waals surface area contributed by atoms with Crippen LogP contribution in [-0.4, -0.2) is 42.4 Å². The second-order valence-corrected chi connectivity index (χ2v) is 8.66. The van der Waals surface area contributed by atoms with Crippen LogP contribution in [0.25, 0.3) is 33.3 Å². The lowest BCUT2D eigenvalue weighted by Gasteiger charge is -2.36. The van der Waals surface area contributed by atoms with Gasteiger partial charge in [0, 0.05) is 42.3 Å². The van der Waals surface area contributed by atoms with E-state index in [1.807, 2.05) is 36.5 Å². The second kappa shape index (κ2) is 9.12. The molecule has 170 valence electrons. The molecule has 0 aliphatic carbocycles. The summed E-state index contributed by atoms with van der Waals surface area (Å²) in [7, 11) is 1.67. The van der Waals surface area contributed by atoms with Gasteiger partial charge in [0.15, 0.2) is 5.75 Å². The van der Waals surface area contributed by atoms with E-state index in [2.05, 4.69) is 54.1 Å². The molecule has 1 aliphatic heterocycles. The van der Waals surface area contributed by atoms with Crippen molar-refractivity contribution in [3.05, 3.63) is 72.6 Å². The highest BCUT2D eigenvalue weighted by Gasteiger charge is 2.22. The number of nitrogens with zero attached hydrogens (tertiary/aromatic N) is 4. The van der Waals surface area contributed by atoms with E-state index in [0.717, 1.165) is 40.9 Å². The molecule has 1 aliphatic rings. The van der Waals surface area contributed by atoms with Crippen molar-refractivity contribution in [2.24, 2.45) is 0 Å². The Labute approximate surface area is 199 Å². The normalized spacial score (nSPS) is 18.0. The third-order valence-corrected chi connectivity index (χ3v) is 6.20. The Morgan fingerprint density at radius 1 is 0.882 bits per heavy atom. The third-order valence-electron chi connectivity index (χ3n) is 6.20. The number of morpholine rings is 1. The molecule has 0 unspecified atom stereocenters. The summed E-state index contributed by atoms with van der Waals surface area (Å²) in [6, 6.07) is 20.1. The van der Waals surface area contributed by atoms with Crippen LogP contribution in [0.3, 0.4) is 0 Å². The summed E-state index contributed by atoms with van der Waals surface area (Å²) in [6.07, 6.45) is 4.05. The van der Waals surface area contributed by atoms with Gasteiger partial charge in [0.05, 0.1) is 31.0 Å². The minimum atomic E-state index is 0.213. The Bertz CT molecular complexity index is 1350. The van der Waals surface area contributed by atoms with Crippen molar-refractivity contribution >= 4 is 16.7 Å². The van der Waals surface area contributed by atoms with Gasteiger partial charge >= 0.3 is 0 Å². The van der Waals surface area contributed by atoms with E-state index < -0.39 is 0 Å². The number of nitriles is 1. The SMILES string of the molecule is COc1c(-c2ccc(N3C[C@@H](C)O[C@@H](C)C3)cc2)cnc2c(-c3ccc(C#N)cc3)ccnc12. The predicted molar refractivity (Wildman–Crippen MR) is 134 cm³/mol. The number of ether oxygens (including phenoxy) is 2. The number of benzene rings is 2. The molecular formula is C28H26N4O2. The fourth-order valence-electron chi connectivity index (χ4n) is 4.68. The van der Waals surface area contributed by atoms with Crippen molar-refractivity contribution in [2.75, 3.05) is 25.1 Å². The standard InChI is InChI=1S/C28H26N4O2/c1-18-16-32(17-19(2)34-18)23-10-8-22(9-11-23)25-15-31-26-24(12-13-30-27(26)28(25)33-3)21-6-4-20(14-29)5-7-21/h4-13,15,18-19H,16-17H2,1-3H3/t18-,19+. The molecule has 6 heteroatoms. The number of rotatable bonds is 4. The number of pyridine rings is 2. The number of anilines is 1. The Balaban J connectivity index is 1.52. The molecular weight excluding hydrogens is 424 g/mol. The van der Waals surface area contributed by atoms with Crippen molar-refractivity contribution in [1.82, 2.24) is 9.97 Å². The highest BCUT2D eigenvalue weighted by molar-refractivity contribution is 5.97. The van der Waals surface area contributed by atoms with Crippen molar-refractivity contribution in [3.63, 3.8) is 0 Å². The van der Waals surface area contributed by atoms with Crippen LogP contribution < -0.4 is 9.64 Å². The van der Waals surface area contributed by atoms with E-state index in [1.54, 1.807) is 13.3 Å². The predicted octanol–water partition coefficient (Wildman–Crippen LogP) is 5.46. The van der Waals surface area contributed by atoms with Gasteiger partial charge in [0.25, 0.3) is 0 Å². The maximum atomic E-state index is 9.10. The first-order valence-corrected chi connectivity index (χ1v) is 11.4. The first-order chi connectivity index (χ1) is 16.6. The number of hydrogen-bond acceptors (Lipinski definition) is 6. The van der Waals surface area contributed by atoms with Gasteiger partial charge in [-0.25, -0.2) is 0 Å². The zero-order chi connectivity index (χ0) is 23.7. The van der Waals surface area contributed by atoms with Gasteiger partial charge in [-0.15, -0.1) is 0 Å². The summed E-state index contributed by atoms with van der Waals surface area (Å²) in [5.74, 6) is 0.696. The monoisotopic (exact) mass is 450 g/mol. The minimum Gasteiger partial charge on any atom is -0.494 e. The molecule has 2 aromatic heterocycles. The molecule has 0 N–H and O–H groups in total. The Hall–Kier alpha value is -3.95. The zero-order valence-corrected chi connectivity index (χ0v) is 19.5. The van der Waals surface area contributed by atoms with Gasteiger partial charge < -0.3 is 14.4 Å². The van der Waals surface area contributed by atoms with Gasteiger partial charge in [-0.3, -0.25) is 9.97 Å². The summed E-state index contributed by atoms with van der Waals surface area (Å²) in [4.78, 5) is 11.8. The van der Waals surface area contributed by atoms with E-state index in [1.165, 1.54) is 5.69 Å². The van der Waals surface area contributed by atoms with Gasteiger partial charge in [-0.05, 0) is 55.3 Å². The van der Waals surface area contributed by atoms with Crippen LogP contribution in [0.5, 0.6) is 5.75 Å². The average Bonchev–Trinajstić information content (AvgIpc) is 2.87. The summed E-state index contributed by atoms with van der Waals surface area (Å²) < 4.78 is 11.7. The molecule has 2 atom stereocenters. The summed E-state index contributed by atoms with van der Waals surface area (Å²) >= 11 is 0. The highest BCUT2D eigenvalue weighted by atomic mass is 16.5. The number of methoxy groups -OCH3 is 1. The molecule has 0 bridgehead atoms. The molecule has 3 heterocycles. The molecule has 4 aromatic rings. The Morgan fingerprint density at radius 3 is 2.18 bits per heavy atom. The van der Waals surface area contributed by atoms with Crippen LogP contribution in [0, 0.1) is 11.3 Å². The van der Waals surface area contributed by atoms with Gasteiger partial charge in [-0.2, -0.15) is 5.26 Å². The fourth-order valence-corrected chi connectivity index (χ4v) is 4.68. The minimum absolute atomic E-state index is 0.213. The molecule has 2 aromatic carbocycles. The van der Waals surface area contributed by atoms with Crippen LogP contribution in [0.1, 0.15) is 19.4 Å². The first-order valence-electron chi connectivity index (χ1n) is 11.4. The maximum Gasteiger partial charge on any atom is 0.156 e. The Morgan fingerprint density at radius 2 is 1.53 bits per heavy atom. The zero-order valence-electron chi connectivity index (χ0n) is 19.5. The van der Waals surface area contributed by atoms with Crippen molar-refractivity contribution in [1.29, 1.82) is 5.26 Å². The smallest absolute Gasteiger partial charge is 0.156 e. The average molecular weight is 451 g/mol. The molecule has 1 saturated heterocycles. The van der Waals surface area contributed by atoms with E-state index in [0.29, 0.717) is 16.8 Å². The van der Waals surface area contributed by atoms with E-state index in [9.17, 15) is 0 Å². The molecule has 1 fully saturated rings. The molecule has 0 amide bonds. The largest absolute Gasteiger partial charge is 0.494 e. The molecule has 34 heavy (non-hydrogen) atoms. The van der Waals surface area contributed by atoms with Crippen LogP contribution in [0.4, 0.5) is 5.69 Å². The quantitative estimate of drug-likeness (QED) is 0.411. The van der Waals surface area contributed by atoms with E-state index >= 15 is 0 Å². The van der Waals surface area contributed by atoms with Crippen LogP contribution >= 0.6 is 0 Å². The van der Waals surface area contributed by atoms with Gasteiger partial charge in [0.1, 0.15) is 11.0 Å². The molecule has 0 radical (unpaired) electrons. The number of hydrogen-bond donors (Lipinski definition) is 0. The summed E-state index contributed by atoms with van der Waals surface area (Å²) in [5, 5.41) is 9.10. The molecule has 0 spiro atoms. The number of fused-ring (bicyclic) bond motifs is 1. The van der Waals surface area contributed by atoms with Crippen molar-refractivity contribution in [2.45, 2.75) is 26.1 Å². The lowest BCUT2D eigenvalue weighted by molar-refractivity contribution is -0.00521. The first kappa shape index (κ1) is 21.9. The second-order valence-electron chi connectivity index (χ2n) is 8.66. The van der Waals surface area contributed by atoms with Crippen LogP contribution in [0.2, 0.25) is 0 Å². The Kier molecular flexibility index (Phi) is 5.87. The lowest BCUT2D eigenvalue weighted by Crippen LogP contribution is -2.45. The van der Waals surface area contributed by atoms with Crippen LogP contribution in [0.15, 0.2) is 67.0 Å². The van der Waals surface area contributed by atoms with Crippen molar-refractivity contribution in [3.8, 4) is 34.1 Å². The van der Waals surface area contributed by atoms with Gasteiger partial charge in [0.2, 0.25) is 0 Å². The molecule has 5 rings (SSSR count). The fraction of sp³-hybridized carbons (Fsp3) is 0.250. The molecule has 0 saturated carbocycles. The lowest BCUT2D eigenvalue weighted by atomic mass is 10.0. The summed E-state index contributed by atoms with van der Waals surface area (Å²) in [5.41, 5.74) is 7.13. The van der Waals surface area contributed by atoms with E-state index in [4.69, 9.17) is 19.7 Å². The maximum absolute atomic E-state index is 9.10. The van der Waals surface area contributed by atoms with Crippen molar-refractivity contribution < 1.29 is 9.47 Å². The van der Waals surface area contributed by atoms with E-state index in [-0.39, 0.29) is 12.2 Å². The molecule has 6 nitrogen and oxygen atoms in total. The van der Waals surface area contributed by atoms with Crippen LogP contribution in [-0.2, 0) is 4.74 Å². The highest BCUT2D eigenvalue weighted by Crippen LogP contribution is 2.38. The third kappa shape index (κ3) is 4.07. The number of aromatic nitrogens is 2. The topological polar surface area (TPSA) is 71.3 Å².